The van der Waals surface area contributed by atoms with E-state index in [0.717, 1.165) is 6.07 Å². The highest BCUT2D eigenvalue weighted by molar-refractivity contribution is 7.47. The van der Waals surface area contributed by atoms with Gasteiger partial charge in [-0.25, -0.2) is 23.9 Å². The molecule has 0 bridgehead atoms. The molecule has 0 aliphatic heterocycles. The van der Waals surface area contributed by atoms with Gasteiger partial charge < -0.3 is 19.9 Å². The molecule has 4 atom stereocenters. The van der Waals surface area contributed by atoms with E-state index in [-0.39, 0.29) is 42.7 Å². The molecule has 2 heterocycles. The number of para-hydroxylation sites is 1. The molecule has 0 amide bonds. The predicted octanol–water partition coefficient (Wildman–Crippen LogP) is 1.91. The third-order valence-corrected chi connectivity index (χ3v) is 6.01. The molecular weight excluding hydrogens is 404 g/mol. The Kier molecular flexibility index (Phi) is 5.22. The van der Waals surface area contributed by atoms with Crippen LogP contribution in [0.4, 0.5) is 10.2 Å². The van der Waals surface area contributed by atoms with Crippen LogP contribution in [-0.2, 0) is 9.09 Å². The van der Waals surface area contributed by atoms with Crippen molar-refractivity contribution in [1.82, 2.24) is 19.5 Å². The zero-order valence-corrected chi connectivity index (χ0v) is 16.0. The lowest BCUT2D eigenvalue weighted by molar-refractivity contribution is -0.00484. The number of phosphoric acid groups is 1. The summed E-state index contributed by atoms with van der Waals surface area (Å²) in [5.74, 6) is -1.36. The van der Waals surface area contributed by atoms with Gasteiger partial charge in [0.05, 0.1) is 12.9 Å². The predicted molar refractivity (Wildman–Crippen MR) is 100 cm³/mol. The van der Waals surface area contributed by atoms with Gasteiger partial charge in [-0.1, -0.05) is 12.1 Å². The lowest BCUT2D eigenvalue weighted by Gasteiger charge is -2.44. The Bertz CT molecular complexity index is 1080. The van der Waals surface area contributed by atoms with Crippen LogP contribution in [0.3, 0.4) is 0 Å². The molecule has 2 aromatic heterocycles. The number of halogens is 1. The normalized spacial score (nSPS) is 23.5. The van der Waals surface area contributed by atoms with Crippen LogP contribution >= 0.6 is 7.82 Å². The summed E-state index contributed by atoms with van der Waals surface area (Å²) < 4.78 is 37.6. The molecule has 10 nitrogen and oxygen atoms in total. The summed E-state index contributed by atoms with van der Waals surface area (Å²) in [7, 11) is -4.56. The average Bonchev–Trinajstić information content (AvgIpc) is 3.08. The second kappa shape index (κ2) is 7.68. The van der Waals surface area contributed by atoms with Crippen LogP contribution in [0.25, 0.3) is 11.2 Å². The number of fused-ring (bicyclic) bond motifs is 1. The first-order valence-electron chi connectivity index (χ1n) is 8.85. The van der Waals surface area contributed by atoms with E-state index in [1.54, 1.807) is 10.9 Å². The first-order valence-corrected chi connectivity index (χ1v) is 10.3. The monoisotopic (exact) mass is 423 g/mol. The lowest BCUT2D eigenvalue weighted by atomic mass is 9.70. The largest absolute Gasteiger partial charge is 0.527 e. The minimum Gasteiger partial charge on any atom is -0.401 e. The van der Waals surface area contributed by atoms with Crippen LogP contribution in [0.1, 0.15) is 12.5 Å². The highest BCUT2D eigenvalue weighted by atomic mass is 31.2. The van der Waals surface area contributed by atoms with E-state index in [4.69, 9.17) is 14.8 Å². The molecule has 0 radical (unpaired) electrons. The maximum atomic E-state index is 13.7. The molecule has 0 spiro atoms. The maximum Gasteiger partial charge on any atom is 0.527 e. The number of phosphoric ester groups is 1. The van der Waals surface area contributed by atoms with E-state index >= 15 is 0 Å². The topological polar surface area (TPSA) is 146 Å². The fraction of sp³-hybridized carbons (Fsp3) is 0.353. The Morgan fingerprint density at radius 1 is 1.31 bits per heavy atom. The van der Waals surface area contributed by atoms with Gasteiger partial charge in [0.1, 0.15) is 11.8 Å². The Balaban J connectivity index is 1.49. The van der Waals surface area contributed by atoms with E-state index < -0.39 is 13.6 Å². The number of imidazole rings is 1. The molecule has 4 N–H and O–H groups in total. The summed E-state index contributed by atoms with van der Waals surface area (Å²) in [6.07, 6.45) is 3.49. The summed E-state index contributed by atoms with van der Waals surface area (Å²) in [6.45, 7) is -0.295. The van der Waals surface area contributed by atoms with Crippen LogP contribution in [0.5, 0.6) is 5.75 Å². The van der Waals surface area contributed by atoms with Crippen molar-refractivity contribution in [2.75, 3.05) is 18.9 Å². The van der Waals surface area contributed by atoms with E-state index in [0.29, 0.717) is 17.6 Å². The second-order valence-electron chi connectivity index (χ2n) is 6.78. The third kappa shape index (κ3) is 3.82. The van der Waals surface area contributed by atoms with Crippen LogP contribution < -0.4 is 10.3 Å². The third-order valence-electron chi connectivity index (χ3n) is 5.10. The van der Waals surface area contributed by atoms with Crippen molar-refractivity contribution >= 4 is 24.8 Å². The standard InChI is InChI=1S/C17H19FN5O5P/c18-12-3-1-2-4-14(12)28-29(25,26)27-7-11-10(6-24)5-13(11)23-9-22-15-16(19)20-8-21-17(15)23/h1-4,8-11,13,24H,5-7H2,(H,25,26)(H2,19,20,21)/t10-,11-,13-/m1/s1. The van der Waals surface area contributed by atoms with E-state index in [9.17, 15) is 19.0 Å². The highest BCUT2D eigenvalue weighted by Crippen LogP contribution is 2.50. The maximum absolute atomic E-state index is 13.7. The van der Waals surface area contributed by atoms with Gasteiger partial charge in [0.15, 0.2) is 23.0 Å². The molecule has 1 unspecified atom stereocenters. The van der Waals surface area contributed by atoms with E-state index in [1.807, 2.05) is 0 Å². The molecule has 1 aliphatic carbocycles. The van der Waals surface area contributed by atoms with Gasteiger partial charge in [0, 0.05) is 18.6 Å². The van der Waals surface area contributed by atoms with Gasteiger partial charge >= 0.3 is 7.82 Å². The van der Waals surface area contributed by atoms with Crippen molar-refractivity contribution in [2.45, 2.75) is 12.5 Å². The van der Waals surface area contributed by atoms with Crippen molar-refractivity contribution in [3.63, 3.8) is 0 Å². The van der Waals surface area contributed by atoms with Crippen molar-refractivity contribution < 1.29 is 28.0 Å². The number of aromatic nitrogens is 4. The number of aliphatic hydroxyl groups is 1. The minimum absolute atomic E-state index is 0.113. The summed E-state index contributed by atoms with van der Waals surface area (Å²) in [6, 6.07) is 5.06. The molecule has 1 aromatic carbocycles. The van der Waals surface area contributed by atoms with E-state index in [2.05, 4.69) is 15.0 Å². The Hall–Kier alpha value is -2.59. The molecule has 4 rings (SSSR count). The van der Waals surface area contributed by atoms with Gasteiger partial charge in [-0.15, -0.1) is 0 Å². The molecule has 29 heavy (non-hydrogen) atoms. The summed E-state index contributed by atoms with van der Waals surface area (Å²) in [5, 5.41) is 9.59. The van der Waals surface area contributed by atoms with Gasteiger partial charge in [-0.05, 0) is 24.5 Å². The molecule has 0 saturated heterocycles. The number of hydrogen-bond donors (Lipinski definition) is 3. The fourth-order valence-electron chi connectivity index (χ4n) is 3.52. The molecule has 154 valence electrons. The Morgan fingerprint density at radius 2 is 2.10 bits per heavy atom. The van der Waals surface area contributed by atoms with Crippen LogP contribution in [0.15, 0.2) is 36.9 Å². The SMILES string of the molecule is Nc1ncnc2c1ncn2[C@@H]1C[C@H](CO)[C@H]1COP(=O)(O)Oc1ccccc1F. The second-order valence-corrected chi connectivity index (χ2v) is 8.16. The summed E-state index contributed by atoms with van der Waals surface area (Å²) in [4.78, 5) is 22.3. The van der Waals surface area contributed by atoms with Crippen molar-refractivity contribution in [3.8, 4) is 5.75 Å². The highest BCUT2D eigenvalue weighted by Gasteiger charge is 2.44. The van der Waals surface area contributed by atoms with Gasteiger partial charge in [0.2, 0.25) is 0 Å². The lowest BCUT2D eigenvalue weighted by Crippen LogP contribution is -2.43. The quantitative estimate of drug-likeness (QED) is 0.485. The number of benzene rings is 1. The van der Waals surface area contributed by atoms with E-state index in [1.165, 1.54) is 24.5 Å². The molecular formula is C17H19FN5O5P. The van der Waals surface area contributed by atoms with Crippen molar-refractivity contribution in [1.29, 1.82) is 0 Å². The Morgan fingerprint density at radius 3 is 2.86 bits per heavy atom. The van der Waals surface area contributed by atoms with Crippen LogP contribution in [0, 0.1) is 17.7 Å². The van der Waals surface area contributed by atoms with Crippen molar-refractivity contribution in [2.24, 2.45) is 11.8 Å². The molecule has 1 aliphatic rings. The number of aliphatic hydroxyl groups excluding tert-OH is 1. The number of rotatable bonds is 7. The number of anilines is 1. The molecule has 3 aromatic rings. The van der Waals surface area contributed by atoms with Gasteiger partial charge in [0.25, 0.3) is 0 Å². The van der Waals surface area contributed by atoms with Gasteiger partial charge in [-0.2, -0.15) is 0 Å². The number of nitrogens with zero attached hydrogens (tertiary/aromatic N) is 4. The van der Waals surface area contributed by atoms with Crippen LogP contribution in [0.2, 0.25) is 0 Å². The molecule has 1 saturated carbocycles. The average molecular weight is 423 g/mol. The summed E-state index contributed by atoms with van der Waals surface area (Å²) in [5.41, 5.74) is 6.79. The fourth-order valence-corrected chi connectivity index (χ4v) is 4.33. The number of nitrogens with two attached hydrogens (primary N) is 1. The number of hydrogen-bond acceptors (Lipinski definition) is 8. The first-order chi connectivity index (χ1) is 13.9. The minimum atomic E-state index is -4.56. The summed E-state index contributed by atoms with van der Waals surface area (Å²) >= 11 is 0. The smallest absolute Gasteiger partial charge is 0.401 e. The van der Waals surface area contributed by atoms with Gasteiger partial charge in [-0.3, -0.25) is 9.42 Å². The number of nitrogen functional groups attached to an aromatic ring is 1. The van der Waals surface area contributed by atoms with Crippen LogP contribution in [-0.4, -0.2) is 42.7 Å². The first kappa shape index (κ1) is 19.7. The zero-order valence-electron chi connectivity index (χ0n) is 15.1. The van der Waals surface area contributed by atoms with Crippen molar-refractivity contribution in [3.05, 3.63) is 42.7 Å². The zero-order chi connectivity index (χ0) is 20.6. The molecule has 12 heteroatoms. The Labute approximate surface area is 164 Å². The molecule has 1 fully saturated rings.